The number of esters is 1. The Bertz CT molecular complexity index is 376. The maximum Gasteiger partial charge on any atom is 0.333 e. The van der Waals surface area contributed by atoms with Crippen molar-refractivity contribution in [3.8, 4) is 0 Å². The normalized spacial score (nSPS) is 13.3. The molecule has 1 rings (SSSR count). The summed E-state index contributed by atoms with van der Waals surface area (Å²) in [7, 11) is 0. The van der Waals surface area contributed by atoms with Crippen LogP contribution >= 0.6 is 0 Å². The summed E-state index contributed by atoms with van der Waals surface area (Å²) >= 11 is 0. The summed E-state index contributed by atoms with van der Waals surface area (Å²) in [5.41, 5.74) is 0.439. The predicted octanol–water partition coefficient (Wildman–Crippen LogP) is -1.09. The molecule has 0 aliphatic rings. The van der Waals surface area contributed by atoms with Gasteiger partial charge in [0.2, 0.25) is 0 Å². The van der Waals surface area contributed by atoms with Crippen LogP contribution in [0.15, 0.2) is 24.5 Å². The third-order valence-corrected chi connectivity index (χ3v) is 2.89. The van der Waals surface area contributed by atoms with Crippen LogP contribution in [0.25, 0.3) is 0 Å². The maximum atomic E-state index is 11.6. The van der Waals surface area contributed by atoms with Crippen molar-refractivity contribution in [1.29, 1.82) is 0 Å². The second-order valence-electron chi connectivity index (χ2n) is 4.41. The third-order valence-electron chi connectivity index (χ3n) is 2.89. The summed E-state index contributed by atoms with van der Waals surface area (Å²) in [6, 6.07) is 0. The van der Waals surface area contributed by atoms with Gasteiger partial charge in [-0.15, -0.1) is 0 Å². The first-order chi connectivity index (χ1) is 8.04. The Morgan fingerprint density at radius 1 is 1.61 bits per heavy atom. The van der Waals surface area contributed by atoms with Gasteiger partial charge in [0.05, 0.1) is 6.42 Å². The molecule has 0 aliphatic heterocycles. The van der Waals surface area contributed by atoms with Crippen molar-refractivity contribution >= 4 is 5.97 Å². The van der Waals surface area contributed by atoms with Crippen molar-refractivity contribution in [1.82, 2.24) is 4.98 Å². The molecule has 0 aliphatic carbocycles. The standard InChI is InChI=1S/C13H20N2O2.BrH/c1-5-10(4)11(17-13(16)9(2)3)8-12-14-6-7-15-12;/h6-7,10-11H,2,5,8H2,1,3-4H3,(H,14,15);1H. The van der Waals surface area contributed by atoms with Crippen LogP contribution in [0.5, 0.6) is 0 Å². The van der Waals surface area contributed by atoms with Gasteiger partial charge in [-0.3, -0.25) is 0 Å². The van der Waals surface area contributed by atoms with E-state index in [4.69, 9.17) is 4.74 Å². The third kappa shape index (κ3) is 5.04. The van der Waals surface area contributed by atoms with Crippen LogP contribution in [0.1, 0.15) is 33.0 Å². The molecule has 2 atom stereocenters. The molecule has 0 radical (unpaired) electrons. The molecule has 0 bridgehead atoms. The first-order valence-corrected chi connectivity index (χ1v) is 5.95. The van der Waals surface area contributed by atoms with Gasteiger partial charge in [0.15, 0.2) is 0 Å². The monoisotopic (exact) mass is 316 g/mol. The summed E-state index contributed by atoms with van der Waals surface area (Å²) in [5.74, 6) is 0.960. The van der Waals surface area contributed by atoms with Gasteiger partial charge in [-0.05, 0) is 12.8 Å². The Morgan fingerprint density at radius 3 is 2.72 bits per heavy atom. The lowest BCUT2D eigenvalue weighted by Crippen LogP contribution is -3.00. The topological polar surface area (TPSA) is 56.2 Å². The average molecular weight is 317 g/mol. The number of aromatic amines is 2. The van der Waals surface area contributed by atoms with Gasteiger partial charge in [-0.1, -0.05) is 26.8 Å². The molecule has 0 saturated carbocycles. The zero-order chi connectivity index (χ0) is 12.8. The zero-order valence-corrected chi connectivity index (χ0v) is 12.7. The number of H-pyrrole nitrogens is 2. The molecule has 102 valence electrons. The van der Waals surface area contributed by atoms with Crippen molar-refractivity contribution < 1.29 is 31.5 Å². The SMILES string of the molecule is C=C(C)C(=O)OC(Cc1[nH]cc[nH+]1)C(C)CC.[Br-]. The summed E-state index contributed by atoms with van der Waals surface area (Å²) < 4.78 is 5.46. The number of hydrogen-bond donors (Lipinski definition) is 1. The molecule has 0 saturated heterocycles. The lowest BCUT2D eigenvalue weighted by Gasteiger charge is -2.21. The van der Waals surface area contributed by atoms with E-state index in [1.807, 2.05) is 12.4 Å². The Morgan fingerprint density at radius 2 is 2.28 bits per heavy atom. The Balaban J connectivity index is 0.00000289. The molecule has 2 unspecified atom stereocenters. The van der Waals surface area contributed by atoms with Crippen LogP contribution in [0.2, 0.25) is 0 Å². The number of nitrogens with one attached hydrogen (secondary N) is 2. The first kappa shape index (κ1) is 16.9. The Hall–Kier alpha value is -1.10. The molecule has 0 amide bonds. The molecule has 0 aromatic carbocycles. The van der Waals surface area contributed by atoms with E-state index in [0.717, 1.165) is 12.2 Å². The largest absolute Gasteiger partial charge is 1.00 e. The second kappa shape index (κ2) is 8.08. The van der Waals surface area contributed by atoms with Crippen LogP contribution in [-0.2, 0) is 16.0 Å². The van der Waals surface area contributed by atoms with Crippen LogP contribution in [0, 0.1) is 5.92 Å². The molecular weight excluding hydrogens is 296 g/mol. The van der Waals surface area contributed by atoms with Gasteiger partial charge in [0.25, 0.3) is 5.82 Å². The minimum Gasteiger partial charge on any atom is -1.00 e. The number of carbonyl (C=O) groups is 1. The molecule has 1 heterocycles. The molecular formula is C13H21BrN2O2. The average Bonchev–Trinajstić information content (AvgIpc) is 2.79. The number of imidazole rings is 1. The minimum atomic E-state index is -0.318. The van der Waals surface area contributed by atoms with Crippen LogP contribution in [0.4, 0.5) is 0 Å². The minimum absolute atomic E-state index is 0. The van der Waals surface area contributed by atoms with Crippen LogP contribution < -0.4 is 22.0 Å². The smallest absolute Gasteiger partial charge is 0.333 e. The number of hydrogen-bond acceptors (Lipinski definition) is 2. The zero-order valence-electron chi connectivity index (χ0n) is 11.1. The predicted molar refractivity (Wildman–Crippen MR) is 65.2 cm³/mol. The summed E-state index contributed by atoms with van der Waals surface area (Å²) in [4.78, 5) is 17.7. The van der Waals surface area contributed by atoms with Gasteiger partial charge in [-0.2, -0.15) is 0 Å². The fourth-order valence-corrected chi connectivity index (χ4v) is 1.51. The van der Waals surface area contributed by atoms with E-state index in [-0.39, 0.29) is 29.1 Å². The fraction of sp³-hybridized carbons (Fsp3) is 0.538. The van der Waals surface area contributed by atoms with Gasteiger partial charge in [0.1, 0.15) is 18.5 Å². The highest BCUT2D eigenvalue weighted by atomic mass is 79.9. The summed E-state index contributed by atoms with van der Waals surface area (Å²) in [6.45, 7) is 9.43. The van der Waals surface area contributed by atoms with E-state index < -0.39 is 0 Å². The molecule has 0 spiro atoms. The molecule has 1 aromatic rings. The number of halogens is 1. The molecule has 18 heavy (non-hydrogen) atoms. The highest BCUT2D eigenvalue weighted by Gasteiger charge is 2.24. The fourth-order valence-electron chi connectivity index (χ4n) is 1.51. The molecule has 4 nitrogen and oxygen atoms in total. The van der Waals surface area contributed by atoms with E-state index in [0.29, 0.717) is 17.9 Å². The number of aromatic nitrogens is 2. The van der Waals surface area contributed by atoms with Crippen LogP contribution in [0.3, 0.4) is 0 Å². The first-order valence-electron chi connectivity index (χ1n) is 5.95. The number of carbonyl (C=O) groups excluding carboxylic acids is 1. The lowest BCUT2D eigenvalue weighted by atomic mass is 9.98. The highest BCUT2D eigenvalue weighted by Crippen LogP contribution is 2.16. The highest BCUT2D eigenvalue weighted by molar-refractivity contribution is 5.87. The van der Waals surface area contributed by atoms with Crippen LogP contribution in [-0.4, -0.2) is 17.1 Å². The van der Waals surface area contributed by atoms with Crippen molar-refractivity contribution in [2.75, 3.05) is 0 Å². The summed E-state index contributed by atoms with van der Waals surface area (Å²) in [6.07, 6.45) is 5.15. The van der Waals surface area contributed by atoms with E-state index in [1.54, 1.807) is 6.92 Å². The Labute approximate surface area is 119 Å². The van der Waals surface area contributed by atoms with Crippen molar-refractivity contribution in [2.45, 2.75) is 39.7 Å². The van der Waals surface area contributed by atoms with Crippen molar-refractivity contribution in [3.05, 3.63) is 30.4 Å². The van der Waals surface area contributed by atoms with E-state index >= 15 is 0 Å². The quantitative estimate of drug-likeness (QED) is 0.535. The number of ether oxygens (including phenoxy) is 1. The van der Waals surface area contributed by atoms with Crippen molar-refractivity contribution in [2.24, 2.45) is 5.92 Å². The van der Waals surface area contributed by atoms with E-state index in [2.05, 4.69) is 30.4 Å². The second-order valence-corrected chi connectivity index (χ2v) is 4.41. The summed E-state index contributed by atoms with van der Waals surface area (Å²) in [5, 5.41) is 0. The van der Waals surface area contributed by atoms with Gasteiger partial charge in [0, 0.05) is 5.57 Å². The number of rotatable bonds is 6. The molecule has 0 fully saturated rings. The molecule has 1 aromatic heterocycles. The molecule has 2 N–H and O–H groups in total. The maximum absolute atomic E-state index is 11.6. The van der Waals surface area contributed by atoms with Gasteiger partial charge >= 0.3 is 5.97 Å². The van der Waals surface area contributed by atoms with Gasteiger partial charge in [-0.25, -0.2) is 14.8 Å². The van der Waals surface area contributed by atoms with E-state index in [9.17, 15) is 4.79 Å². The lowest BCUT2D eigenvalue weighted by molar-refractivity contribution is -0.389. The van der Waals surface area contributed by atoms with E-state index in [1.165, 1.54) is 0 Å². The van der Waals surface area contributed by atoms with Crippen molar-refractivity contribution in [3.63, 3.8) is 0 Å². The molecule has 5 heteroatoms. The Kier molecular flexibility index (Phi) is 7.59. The van der Waals surface area contributed by atoms with Gasteiger partial charge < -0.3 is 21.7 Å².